The number of hydrogen-bond acceptors (Lipinski definition) is 4. The molecule has 0 saturated carbocycles. The quantitative estimate of drug-likeness (QED) is 0.361. The minimum absolute atomic E-state index is 0. The zero-order chi connectivity index (χ0) is 20.1. The summed E-state index contributed by atoms with van der Waals surface area (Å²) in [5.74, 6) is 2.49. The first-order valence-electron chi connectivity index (χ1n) is 10.6. The highest BCUT2D eigenvalue weighted by atomic mass is 127. The molecule has 1 aromatic carbocycles. The van der Waals surface area contributed by atoms with Gasteiger partial charge in [0.2, 0.25) is 0 Å². The van der Waals surface area contributed by atoms with Crippen LogP contribution >= 0.6 is 24.0 Å². The summed E-state index contributed by atoms with van der Waals surface area (Å²) in [4.78, 5) is 13.7. The Bertz CT molecular complexity index is 847. The van der Waals surface area contributed by atoms with E-state index in [-0.39, 0.29) is 24.0 Å². The number of aliphatic imine (C=N–C) groups is 1. The van der Waals surface area contributed by atoms with E-state index in [1.165, 1.54) is 29.5 Å². The number of pyridine rings is 1. The molecule has 6 nitrogen and oxygen atoms in total. The molecule has 30 heavy (non-hydrogen) atoms. The highest BCUT2D eigenvalue weighted by Gasteiger charge is 2.21. The first kappa shape index (κ1) is 22.8. The van der Waals surface area contributed by atoms with Crippen LogP contribution in [0.5, 0.6) is 0 Å². The third kappa shape index (κ3) is 5.63. The van der Waals surface area contributed by atoms with Gasteiger partial charge in [-0.05, 0) is 48.7 Å². The molecular formula is C23H33IN6. The van der Waals surface area contributed by atoms with Gasteiger partial charge in [0.05, 0.1) is 0 Å². The summed E-state index contributed by atoms with van der Waals surface area (Å²) in [7, 11) is 4.01. The molecule has 2 N–H and O–H groups in total. The fourth-order valence-electron chi connectivity index (χ4n) is 4.26. The van der Waals surface area contributed by atoms with Crippen LogP contribution in [0.4, 0.5) is 5.82 Å². The number of hydrogen-bond donors (Lipinski definition) is 2. The van der Waals surface area contributed by atoms with E-state index in [0.717, 1.165) is 51.0 Å². The Morgan fingerprint density at radius 3 is 2.73 bits per heavy atom. The molecule has 0 radical (unpaired) electrons. The van der Waals surface area contributed by atoms with Crippen molar-refractivity contribution in [2.24, 2.45) is 4.99 Å². The molecule has 4 rings (SSSR count). The SMILES string of the molecule is CN=C(NCc1ccnc(N2CCN(C)CC2)c1)NCC1CCc2ccccc21.I. The van der Waals surface area contributed by atoms with Crippen LogP contribution in [0.1, 0.15) is 29.0 Å². The number of guanidine groups is 1. The molecule has 1 aromatic heterocycles. The molecule has 1 aliphatic heterocycles. The fourth-order valence-corrected chi connectivity index (χ4v) is 4.26. The molecule has 1 saturated heterocycles. The third-order valence-electron chi connectivity index (χ3n) is 6.09. The van der Waals surface area contributed by atoms with Crippen molar-refractivity contribution in [1.29, 1.82) is 0 Å². The number of rotatable bonds is 5. The number of aromatic nitrogens is 1. The number of nitrogens with one attached hydrogen (secondary N) is 2. The Hall–Kier alpha value is -1.87. The average Bonchev–Trinajstić information content (AvgIpc) is 3.18. The van der Waals surface area contributed by atoms with Gasteiger partial charge in [-0.25, -0.2) is 4.98 Å². The molecule has 0 bridgehead atoms. The lowest BCUT2D eigenvalue weighted by atomic mass is 10.0. The third-order valence-corrected chi connectivity index (χ3v) is 6.09. The van der Waals surface area contributed by atoms with E-state index in [2.05, 4.69) is 73.9 Å². The normalized spacial score (nSPS) is 19.2. The minimum Gasteiger partial charge on any atom is -0.356 e. The number of fused-ring (bicyclic) bond motifs is 1. The van der Waals surface area contributed by atoms with Gasteiger partial charge in [-0.1, -0.05) is 24.3 Å². The Morgan fingerprint density at radius 1 is 1.13 bits per heavy atom. The lowest BCUT2D eigenvalue weighted by molar-refractivity contribution is 0.312. The second-order valence-electron chi connectivity index (χ2n) is 8.05. The molecule has 7 heteroatoms. The Morgan fingerprint density at radius 2 is 1.93 bits per heavy atom. The van der Waals surface area contributed by atoms with Crippen molar-refractivity contribution in [2.45, 2.75) is 25.3 Å². The number of nitrogens with zero attached hydrogens (tertiary/aromatic N) is 4. The molecule has 2 heterocycles. The zero-order valence-corrected chi connectivity index (χ0v) is 20.3. The smallest absolute Gasteiger partial charge is 0.191 e. The Kier molecular flexibility index (Phi) is 8.32. The van der Waals surface area contributed by atoms with E-state index in [1.807, 2.05) is 13.2 Å². The molecule has 0 spiro atoms. The van der Waals surface area contributed by atoms with Crippen molar-refractivity contribution in [1.82, 2.24) is 20.5 Å². The molecule has 1 atom stereocenters. The maximum absolute atomic E-state index is 4.58. The van der Waals surface area contributed by atoms with E-state index >= 15 is 0 Å². The number of likely N-dealkylation sites (N-methyl/N-ethyl adjacent to an activating group) is 1. The molecule has 1 fully saturated rings. The molecule has 0 amide bonds. The van der Waals surface area contributed by atoms with Crippen molar-refractivity contribution in [3.8, 4) is 0 Å². The lowest BCUT2D eigenvalue weighted by Gasteiger charge is -2.33. The Labute approximate surface area is 197 Å². The number of aryl methyl sites for hydroxylation is 1. The van der Waals surface area contributed by atoms with E-state index in [1.54, 1.807) is 0 Å². The summed E-state index contributed by atoms with van der Waals surface area (Å²) in [5, 5.41) is 6.97. The van der Waals surface area contributed by atoms with Gasteiger partial charge in [-0.3, -0.25) is 4.99 Å². The summed E-state index contributed by atoms with van der Waals surface area (Å²) >= 11 is 0. The van der Waals surface area contributed by atoms with E-state index in [9.17, 15) is 0 Å². The van der Waals surface area contributed by atoms with Gasteiger partial charge in [-0.15, -0.1) is 24.0 Å². The van der Waals surface area contributed by atoms with Gasteiger partial charge in [0.15, 0.2) is 5.96 Å². The summed E-state index contributed by atoms with van der Waals surface area (Å²) in [6.07, 6.45) is 4.30. The van der Waals surface area contributed by atoms with Crippen LogP contribution in [-0.2, 0) is 13.0 Å². The van der Waals surface area contributed by atoms with Crippen molar-refractivity contribution < 1.29 is 0 Å². The van der Waals surface area contributed by atoms with Crippen molar-refractivity contribution in [3.05, 3.63) is 59.3 Å². The van der Waals surface area contributed by atoms with Crippen molar-refractivity contribution in [2.75, 3.05) is 51.7 Å². The minimum atomic E-state index is 0. The van der Waals surface area contributed by atoms with Crippen LogP contribution in [0.25, 0.3) is 0 Å². The second kappa shape index (κ2) is 10.9. The standard InChI is InChI=1S/C23H32N6.HI/c1-24-23(27-17-20-8-7-19-5-3-4-6-21(19)20)26-16-18-9-10-25-22(15-18)29-13-11-28(2)12-14-29;/h3-6,9-10,15,20H,7-8,11-14,16-17H2,1-2H3,(H2,24,26,27);1H. The van der Waals surface area contributed by atoms with Crippen molar-refractivity contribution >= 4 is 35.8 Å². The van der Waals surface area contributed by atoms with E-state index in [0.29, 0.717) is 5.92 Å². The van der Waals surface area contributed by atoms with Gasteiger partial charge in [0.25, 0.3) is 0 Å². The summed E-state index contributed by atoms with van der Waals surface area (Å²) in [6.45, 7) is 5.90. The van der Waals surface area contributed by atoms with Gasteiger partial charge >= 0.3 is 0 Å². The van der Waals surface area contributed by atoms with Crippen LogP contribution in [-0.4, -0.2) is 62.7 Å². The zero-order valence-electron chi connectivity index (χ0n) is 18.0. The van der Waals surface area contributed by atoms with Gasteiger partial charge in [-0.2, -0.15) is 0 Å². The average molecular weight is 520 g/mol. The van der Waals surface area contributed by atoms with E-state index < -0.39 is 0 Å². The van der Waals surface area contributed by atoms with Gasteiger partial charge in [0.1, 0.15) is 5.82 Å². The summed E-state index contributed by atoms with van der Waals surface area (Å²) < 4.78 is 0. The number of benzene rings is 1. The molecular weight excluding hydrogens is 487 g/mol. The molecule has 1 unspecified atom stereocenters. The van der Waals surface area contributed by atoms with Crippen LogP contribution in [0, 0.1) is 0 Å². The fraction of sp³-hybridized carbons (Fsp3) is 0.478. The lowest BCUT2D eigenvalue weighted by Crippen LogP contribution is -2.44. The Balaban J connectivity index is 0.00000256. The predicted octanol–water partition coefficient (Wildman–Crippen LogP) is 2.85. The van der Waals surface area contributed by atoms with Crippen LogP contribution in [0.2, 0.25) is 0 Å². The van der Waals surface area contributed by atoms with Crippen LogP contribution < -0.4 is 15.5 Å². The summed E-state index contributed by atoms with van der Waals surface area (Å²) in [6, 6.07) is 13.1. The number of piperazine rings is 1. The largest absolute Gasteiger partial charge is 0.356 e. The topological polar surface area (TPSA) is 55.8 Å². The highest BCUT2D eigenvalue weighted by molar-refractivity contribution is 14.0. The van der Waals surface area contributed by atoms with E-state index in [4.69, 9.17) is 0 Å². The van der Waals surface area contributed by atoms with Gasteiger partial charge < -0.3 is 20.4 Å². The second-order valence-corrected chi connectivity index (χ2v) is 8.05. The molecule has 2 aliphatic rings. The van der Waals surface area contributed by atoms with Crippen LogP contribution in [0.15, 0.2) is 47.6 Å². The molecule has 162 valence electrons. The number of anilines is 1. The molecule has 1 aliphatic carbocycles. The molecule has 2 aromatic rings. The van der Waals surface area contributed by atoms with Gasteiger partial charge in [0, 0.05) is 58.4 Å². The summed E-state index contributed by atoms with van der Waals surface area (Å²) in [5.41, 5.74) is 4.21. The first-order valence-corrected chi connectivity index (χ1v) is 10.6. The maximum Gasteiger partial charge on any atom is 0.191 e. The highest BCUT2D eigenvalue weighted by Crippen LogP contribution is 2.32. The monoisotopic (exact) mass is 520 g/mol. The maximum atomic E-state index is 4.58. The van der Waals surface area contributed by atoms with Crippen molar-refractivity contribution in [3.63, 3.8) is 0 Å². The predicted molar refractivity (Wildman–Crippen MR) is 135 cm³/mol. The van der Waals surface area contributed by atoms with Crippen LogP contribution in [0.3, 0.4) is 0 Å². The first-order chi connectivity index (χ1) is 14.2. The number of halogens is 1.